The minimum atomic E-state index is 0.667. The SMILES string of the molecule is Cc1cc(-c2ccc(CCN)n2C)ncn1. The highest BCUT2D eigenvalue weighted by Gasteiger charge is 2.07. The van der Waals surface area contributed by atoms with E-state index in [-0.39, 0.29) is 0 Å². The first-order chi connectivity index (χ1) is 7.72. The highest BCUT2D eigenvalue weighted by molar-refractivity contribution is 5.56. The summed E-state index contributed by atoms with van der Waals surface area (Å²) in [5, 5.41) is 0. The lowest BCUT2D eigenvalue weighted by Gasteiger charge is -2.06. The summed E-state index contributed by atoms with van der Waals surface area (Å²) in [4.78, 5) is 8.38. The Morgan fingerprint density at radius 3 is 2.81 bits per heavy atom. The molecule has 4 nitrogen and oxygen atoms in total. The summed E-state index contributed by atoms with van der Waals surface area (Å²) in [5.41, 5.74) is 9.83. The largest absolute Gasteiger partial charge is 0.346 e. The fraction of sp³-hybridized carbons (Fsp3) is 0.333. The van der Waals surface area contributed by atoms with Crippen LogP contribution in [0.1, 0.15) is 11.4 Å². The maximum Gasteiger partial charge on any atom is 0.116 e. The molecule has 0 atom stereocenters. The third-order valence-electron chi connectivity index (χ3n) is 2.69. The molecule has 0 bridgehead atoms. The molecule has 2 heterocycles. The van der Waals surface area contributed by atoms with Gasteiger partial charge in [-0.3, -0.25) is 0 Å². The van der Waals surface area contributed by atoms with E-state index in [1.165, 1.54) is 5.69 Å². The molecule has 0 fully saturated rings. The van der Waals surface area contributed by atoms with E-state index in [9.17, 15) is 0 Å². The van der Waals surface area contributed by atoms with Crippen molar-refractivity contribution in [3.63, 3.8) is 0 Å². The molecule has 0 spiro atoms. The molecular weight excluding hydrogens is 200 g/mol. The lowest BCUT2D eigenvalue weighted by Crippen LogP contribution is -2.07. The highest BCUT2D eigenvalue weighted by Crippen LogP contribution is 2.19. The summed E-state index contributed by atoms with van der Waals surface area (Å²) in [6, 6.07) is 6.16. The molecule has 2 aromatic rings. The van der Waals surface area contributed by atoms with Gasteiger partial charge >= 0.3 is 0 Å². The maximum absolute atomic E-state index is 5.56. The van der Waals surface area contributed by atoms with Gasteiger partial charge in [-0.05, 0) is 38.1 Å². The standard InChI is InChI=1S/C12H16N4/c1-9-7-11(15-8-14-9)12-4-3-10(5-6-13)16(12)2/h3-4,7-8H,5-6,13H2,1-2H3. The average molecular weight is 216 g/mol. The summed E-state index contributed by atoms with van der Waals surface area (Å²) < 4.78 is 2.13. The highest BCUT2D eigenvalue weighted by atomic mass is 15.0. The first-order valence-corrected chi connectivity index (χ1v) is 5.36. The lowest BCUT2D eigenvalue weighted by atomic mass is 10.2. The molecular formula is C12H16N4. The van der Waals surface area contributed by atoms with Crippen LogP contribution in [0, 0.1) is 6.92 Å². The molecule has 0 unspecified atom stereocenters. The Bertz CT molecular complexity index is 488. The van der Waals surface area contributed by atoms with Crippen molar-refractivity contribution in [3.05, 3.63) is 35.9 Å². The summed E-state index contributed by atoms with van der Waals surface area (Å²) in [7, 11) is 2.04. The molecule has 16 heavy (non-hydrogen) atoms. The van der Waals surface area contributed by atoms with Gasteiger partial charge < -0.3 is 10.3 Å². The number of nitrogens with two attached hydrogens (primary N) is 1. The van der Waals surface area contributed by atoms with Gasteiger partial charge in [0, 0.05) is 18.4 Å². The van der Waals surface area contributed by atoms with E-state index in [4.69, 9.17) is 5.73 Å². The van der Waals surface area contributed by atoms with E-state index in [2.05, 4.69) is 26.7 Å². The molecule has 0 aliphatic heterocycles. The second-order valence-electron chi connectivity index (χ2n) is 3.85. The topological polar surface area (TPSA) is 56.7 Å². The molecule has 0 amide bonds. The third kappa shape index (κ3) is 1.97. The predicted molar refractivity (Wildman–Crippen MR) is 63.9 cm³/mol. The summed E-state index contributed by atoms with van der Waals surface area (Å²) in [6.45, 7) is 2.63. The predicted octanol–water partition coefficient (Wildman–Crippen LogP) is 1.29. The quantitative estimate of drug-likeness (QED) is 0.841. The molecule has 0 aliphatic carbocycles. The van der Waals surface area contributed by atoms with E-state index in [1.54, 1.807) is 6.33 Å². The van der Waals surface area contributed by atoms with E-state index in [0.717, 1.165) is 23.5 Å². The third-order valence-corrected chi connectivity index (χ3v) is 2.69. The molecule has 0 aromatic carbocycles. The average Bonchev–Trinajstić information content (AvgIpc) is 2.61. The number of hydrogen-bond acceptors (Lipinski definition) is 3. The van der Waals surface area contributed by atoms with Crippen LogP contribution in [-0.4, -0.2) is 21.1 Å². The summed E-state index contributed by atoms with van der Waals surface area (Å²) in [6.07, 6.45) is 2.49. The van der Waals surface area contributed by atoms with Crippen molar-refractivity contribution < 1.29 is 0 Å². The Labute approximate surface area is 95.1 Å². The first-order valence-electron chi connectivity index (χ1n) is 5.36. The monoisotopic (exact) mass is 216 g/mol. The van der Waals surface area contributed by atoms with Gasteiger partial charge in [0.05, 0.1) is 11.4 Å². The van der Waals surface area contributed by atoms with Crippen molar-refractivity contribution in [1.29, 1.82) is 0 Å². The Kier molecular flexibility index (Phi) is 3.01. The van der Waals surface area contributed by atoms with E-state index in [1.807, 2.05) is 20.0 Å². The molecule has 2 aromatic heterocycles. The number of aryl methyl sites for hydroxylation is 1. The van der Waals surface area contributed by atoms with Crippen LogP contribution in [0.15, 0.2) is 24.5 Å². The second-order valence-corrected chi connectivity index (χ2v) is 3.85. The van der Waals surface area contributed by atoms with Crippen molar-refractivity contribution in [2.45, 2.75) is 13.3 Å². The van der Waals surface area contributed by atoms with E-state index < -0.39 is 0 Å². The fourth-order valence-electron chi connectivity index (χ4n) is 1.80. The zero-order valence-corrected chi connectivity index (χ0v) is 9.64. The number of aromatic nitrogens is 3. The van der Waals surface area contributed by atoms with E-state index >= 15 is 0 Å². The van der Waals surface area contributed by atoms with Crippen LogP contribution in [-0.2, 0) is 13.5 Å². The Morgan fingerprint density at radius 2 is 2.12 bits per heavy atom. The van der Waals surface area contributed by atoms with Gasteiger partial charge in [-0.1, -0.05) is 0 Å². The van der Waals surface area contributed by atoms with Gasteiger partial charge in [-0.15, -0.1) is 0 Å². The molecule has 2 rings (SSSR count). The fourth-order valence-corrected chi connectivity index (χ4v) is 1.80. The molecule has 0 saturated heterocycles. The van der Waals surface area contributed by atoms with Crippen LogP contribution in [0.25, 0.3) is 11.4 Å². The Hall–Kier alpha value is -1.68. The molecule has 4 heteroatoms. The summed E-state index contributed by atoms with van der Waals surface area (Å²) >= 11 is 0. The normalized spacial score (nSPS) is 10.7. The van der Waals surface area contributed by atoms with Crippen LogP contribution >= 0.6 is 0 Å². The van der Waals surface area contributed by atoms with Crippen LogP contribution < -0.4 is 5.73 Å². The number of nitrogens with zero attached hydrogens (tertiary/aromatic N) is 3. The zero-order valence-electron chi connectivity index (χ0n) is 9.64. The Morgan fingerprint density at radius 1 is 1.31 bits per heavy atom. The van der Waals surface area contributed by atoms with Crippen LogP contribution in [0.5, 0.6) is 0 Å². The van der Waals surface area contributed by atoms with Crippen molar-refractivity contribution in [3.8, 4) is 11.4 Å². The maximum atomic E-state index is 5.56. The second kappa shape index (κ2) is 4.45. The number of hydrogen-bond donors (Lipinski definition) is 1. The molecule has 0 saturated carbocycles. The van der Waals surface area contributed by atoms with Gasteiger partial charge in [0.15, 0.2) is 0 Å². The van der Waals surface area contributed by atoms with E-state index in [0.29, 0.717) is 6.54 Å². The van der Waals surface area contributed by atoms with Crippen LogP contribution in [0.2, 0.25) is 0 Å². The van der Waals surface area contributed by atoms with Gasteiger partial charge in [0.25, 0.3) is 0 Å². The number of rotatable bonds is 3. The van der Waals surface area contributed by atoms with Gasteiger partial charge in [-0.25, -0.2) is 9.97 Å². The van der Waals surface area contributed by atoms with Crippen molar-refractivity contribution in [1.82, 2.24) is 14.5 Å². The minimum Gasteiger partial charge on any atom is -0.346 e. The van der Waals surface area contributed by atoms with Crippen molar-refractivity contribution in [2.75, 3.05) is 6.54 Å². The zero-order chi connectivity index (χ0) is 11.5. The smallest absolute Gasteiger partial charge is 0.116 e. The lowest BCUT2D eigenvalue weighted by molar-refractivity contribution is 0.810. The minimum absolute atomic E-state index is 0.667. The molecule has 0 aliphatic rings. The van der Waals surface area contributed by atoms with Gasteiger partial charge in [-0.2, -0.15) is 0 Å². The summed E-state index contributed by atoms with van der Waals surface area (Å²) in [5.74, 6) is 0. The van der Waals surface area contributed by atoms with Gasteiger partial charge in [0.1, 0.15) is 6.33 Å². The van der Waals surface area contributed by atoms with Crippen LogP contribution in [0.3, 0.4) is 0 Å². The van der Waals surface area contributed by atoms with Crippen molar-refractivity contribution in [2.24, 2.45) is 12.8 Å². The van der Waals surface area contributed by atoms with Crippen LogP contribution in [0.4, 0.5) is 0 Å². The van der Waals surface area contributed by atoms with Gasteiger partial charge in [0.2, 0.25) is 0 Å². The molecule has 0 radical (unpaired) electrons. The van der Waals surface area contributed by atoms with Crippen molar-refractivity contribution >= 4 is 0 Å². The Balaban J connectivity index is 2.41. The molecule has 2 N–H and O–H groups in total. The first kappa shape index (κ1) is 10.8. The molecule has 84 valence electrons.